The van der Waals surface area contributed by atoms with Gasteiger partial charge in [0.25, 0.3) is 5.91 Å². The van der Waals surface area contributed by atoms with Crippen molar-refractivity contribution in [3.05, 3.63) is 23.8 Å². The Balaban J connectivity index is 2.07. The summed E-state index contributed by atoms with van der Waals surface area (Å²) in [4.78, 5) is 28.4. The van der Waals surface area contributed by atoms with Crippen molar-refractivity contribution in [2.24, 2.45) is 0 Å². The molecule has 0 unspecified atom stereocenters. The largest absolute Gasteiger partial charge is 0.489 e. The van der Waals surface area contributed by atoms with Gasteiger partial charge in [-0.3, -0.25) is 9.59 Å². The summed E-state index contributed by atoms with van der Waals surface area (Å²) in [5.41, 5.74) is 1.39. The number of hydrogen-bond donors (Lipinski definition) is 1. The Hall–Kier alpha value is -2.28. The Labute approximate surface area is 155 Å². The van der Waals surface area contributed by atoms with Gasteiger partial charge in [-0.25, -0.2) is 0 Å². The number of likely N-dealkylation sites (N-methyl/N-ethyl adjacent to an activating group) is 1. The van der Waals surface area contributed by atoms with Crippen molar-refractivity contribution in [3.63, 3.8) is 0 Å². The first-order valence-electron chi connectivity index (χ1n) is 8.98. The third kappa shape index (κ3) is 4.88. The van der Waals surface area contributed by atoms with Crippen molar-refractivity contribution >= 4 is 17.5 Å². The fraction of sp³-hybridized carbons (Fsp3) is 0.579. The second-order valence-corrected chi connectivity index (χ2v) is 6.53. The van der Waals surface area contributed by atoms with Crippen LogP contribution in [0.3, 0.4) is 0 Å². The second kappa shape index (κ2) is 9.43. The zero-order valence-electron chi connectivity index (χ0n) is 16.1. The summed E-state index contributed by atoms with van der Waals surface area (Å²) >= 11 is 0. The van der Waals surface area contributed by atoms with E-state index in [1.165, 1.54) is 0 Å². The molecule has 1 aliphatic heterocycles. The molecule has 1 N–H and O–H groups in total. The summed E-state index contributed by atoms with van der Waals surface area (Å²) in [5.74, 6) is 0.676. The number of methoxy groups -OCH3 is 1. The average molecular weight is 363 g/mol. The molecular weight excluding hydrogens is 334 g/mol. The molecule has 1 aromatic carbocycles. The van der Waals surface area contributed by atoms with Gasteiger partial charge in [-0.05, 0) is 24.6 Å². The Kier molecular flexibility index (Phi) is 7.26. The summed E-state index contributed by atoms with van der Waals surface area (Å²) in [5, 5.41) is 2.81. The molecule has 0 saturated heterocycles. The van der Waals surface area contributed by atoms with E-state index in [1.807, 2.05) is 25.1 Å². The smallest absolute Gasteiger partial charge is 0.251 e. The molecule has 0 aliphatic carbocycles. The molecule has 1 heterocycles. The fourth-order valence-corrected chi connectivity index (χ4v) is 2.93. The van der Waals surface area contributed by atoms with E-state index in [1.54, 1.807) is 24.1 Å². The number of benzene rings is 1. The molecule has 0 fully saturated rings. The third-order valence-corrected chi connectivity index (χ3v) is 4.57. The number of nitrogens with one attached hydrogen (secondary N) is 1. The zero-order chi connectivity index (χ0) is 19.1. The highest BCUT2D eigenvalue weighted by Gasteiger charge is 2.28. The molecule has 7 nitrogen and oxygen atoms in total. The van der Waals surface area contributed by atoms with Crippen LogP contribution < -0.4 is 15.0 Å². The normalized spacial score (nSPS) is 15.8. The fourth-order valence-electron chi connectivity index (χ4n) is 2.93. The quantitative estimate of drug-likeness (QED) is 0.709. The SMILES string of the molecule is CCCN(C)C(=O)C[C@H]1COc2ccc(C(=O)NCCOC)cc2N1C. The minimum absolute atomic E-state index is 0.0545. The molecule has 2 rings (SSSR count). The molecule has 0 spiro atoms. The van der Waals surface area contributed by atoms with E-state index in [9.17, 15) is 9.59 Å². The van der Waals surface area contributed by atoms with Crippen LogP contribution in [0.1, 0.15) is 30.1 Å². The van der Waals surface area contributed by atoms with E-state index in [2.05, 4.69) is 12.2 Å². The van der Waals surface area contributed by atoms with Crippen molar-refractivity contribution in [2.75, 3.05) is 52.4 Å². The van der Waals surface area contributed by atoms with Crippen molar-refractivity contribution in [2.45, 2.75) is 25.8 Å². The van der Waals surface area contributed by atoms with Crippen LogP contribution in [0.15, 0.2) is 18.2 Å². The van der Waals surface area contributed by atoms with Crippen molar-refractivity contribution < 1.29 is 19.1 Å². The molecule has 0 bridgehead atoms. The lowest BCUT2D eigenvalue weighted by atomic mass is 10.1. The van der Waals surface area contributed by atoms with Gasteiger partial charge in [-0.1, -0.05) is 6.92 Å². The van der Waals surface area contributed by atoms with E-state index in [4.69, 9.17) is 9.47 Å². The second-order valence-electron chi connectivity index (χ2n) is 6.53. The number of carbonyl (C=O) groups is 2. The predicted octanol–water partition coefficient (Wildman–Crippen LogP) is 1.52. The number of anilines is 1. The lowest BCUT2D eigenvalue weighted by Gasteiger charge is -2.36. The number of rotatable bonds is 8. The van der Waals surface area contributed by atoms with Crippen LogP contribution in [0.4, 0.5) is 5.69 Å². The predicted molar refractivity (Wildman–Crippen MR) is 101 cm³/mol. The standard InChI is InChI=1S/C19H29N3O4/c1-5-9-21(2)18(23)12-15-13-26-17-7-6-14(11-16(17)22(15)3)19(24)20-8-10-25-4/h6-7,11,15H,5,8-10,12-13H2,1-4H3,(H,20,24)/t15-/m0/s1. The van der Waals surface area contributed by atoms with Gasteiger partial charge in [-0.15, -0.1) is 0 Å². The highest BCUT2D eigenvalue weighted by atomic mass is 16.5. The summed E-state index contributed by atoms with van der Waals surface area (Å²) < 4.78 is 10.8. The monoisotopic (exact) mass is 363 g/mol. The number of ether oxygens (including phenoxy) is 2. The van der Waals surface area contributed by atoms with Gasteiger partial charge in [-0.2, -0.15) is 0 Å². The molecule has 26 heavy (non-hydrogen) atoms. The van der Waals surface area contributed by atoms with E-state index >= 15 is 0 Å². The maximum absolute atomic E-state index is 12.3. The Bertz CT molecular complexity index is 635. The topological polar surface area (TPSA) is 71.1 Å². The minimum atomic E-state index is -0.154. The summed E-state index contributed by atoms with van der Waals surface area (Å²) in [6, 6.07) is 5.30. The number of nitrogens with zero attached hydrogens (tertiary/aromatic N) is 2. The molecule has 1 aliphatic rings. The lowest BCUT2D eigenvalue weighted by Crippen LogP contribution is -2.44. The number of fused-ring (bicyclic) bond motifs is 1. The number of hydrogen-bond acceptors (Lipinski definition) is 5. The zero-order valence-corrected chi connectivity index (χ0v) is 16.1. The number of carbonyl (C=O) groups excluding carboxylic acids is 2. The molecule has 0 radical (unpaired) electrons. The van der Waals surface area contributed by atoms with E-state index < -0.39 is 0 Å². The van der Waals surface area contributed by atoms with Crippen LogP contribution in [0, 0.1) is 0 Å². The Morgan fingerprint density at radius 2 is 2.19 bits per heavy atom. The first-order chi connectivity index (χ1) is 12.5. The highest BCUT2D eigenvalue weighted by Crippen LogP contribution is 2.34. The van der Waals surface area contributed by atoms with Gasteiger partial charge in [0, 0.05) is 39.9 Å². The molecule has 144 valence electrons. The van der Waals surface area contributed by atoms with E-state index in [0.29, 0.717) is 31.7 Å². The van der Waals surface area contributed by atoms with Crippen LogP contribution in [0.25, 0.3) is 0 Å². The van der Waals surface area contributed by atoms with Crippen LogP contribution in [0.5, 0.6) is 5.75 Å². The van der Waals surface area contributed by atoms with Crippen LogP contribution >= 0.6 is 0 Å². The molecule has 7 heteroatoms. The van der Waals surface area contributed by atoms with E-state index in [-0.39, 0.29) is 17.9 Å². The molecule has 1 aromatic rings. The maximum Gasteiger partial charge on any atom is 0.251 e. The molecule has 0 saturated carbocycles. The molecule has 1 atom stereocenters. The van der Waals surface area contributed by atoms with Crippen molar-refractivity contribution in [3.8, 4) is 5.75 Å². The van der Waals surface area contributed by atoms with Gasteiger partial charge in [0.15, 0.2) is 0 Å². The third-order valence-electron chi connectivity index (χ3n) is 4.57. The maximum atomic E-state index is 12.3. The van der Waals surface area contributed by atoms with Gasteiger partial charge >= 0.3 is 0 Å². The van der Waals surface area contributed by atoms with Crippen molar-refractivity contribution in [1.29, 1.82) is 0 Å². The van der Waals surface area contributed by atoms with Gasteiger partial charge in [0.05, 0.1) is 24.8 Å². The Morgan fingerprint density at radius 1 is 1.42 bits per heavy atom. The first-order valence-corrected chi connectivity index (χ1v) is 8.98. The first kappa shape index (κ1) is 20.0. The molecule has 0 aromatic heterocycles. The van der Waals surface area contributed by atoms with Crippen molar-refractivity contribution in [1.82, 2.24) is 10.2 Å². The summed E-state index contributed by atoms with van der Waals surface area (Å²) in [6.45, 7) is 4.18. The minimum Gasteiger partial charge on any atom is -0.489 e. The lowest BCUT2D eigenvalue weighted by molar-refractivity contribution is -0.130. The Morgan fingerprint density at radius 3 is 2.88 bits per heavy atom. The van der Waals surface area contributed by atoms with Gasteiger partial charge in [0.2, 0.25) is 5.91 Å². The summed E-state index contributed by atoms with van der Waals surface area (Å²) in [6.07, 6.45) is 1.32. The van der Waals surface area contributed by atoms with Gasteiger partial charge < -0.3 is 24.6 Å². The van der Waals surface area contributed by atoms with Crippen LogP contribution in [-0.4, -0.2) is 70.3 Å². The number of amides is 2. The van der Waals surface area contributed by atoms with Gasteiger partial charge in [0.1, 0.15) is 12.4 Å². The summed E-state index contributed by atoms with van der Waals surface area (Å²) in [7, 11) is 5.36. The van der Waals surface area contributed by atoms with Crippen LogP contribution in [-0.2, 0) is 9.53 Å². The average Bonchev–Trinajstić information content (AvgIpc) is 2.64. The van der Waals surface area contributed by atoms with Crippen LogP contribution in [0.2, 0.25) is 0 Å². The molecule has 2 amide bonds. The highest BCUT2D eigenvalue weighted by molar-refractivity contribution is 5.95. The van der Waals surface area contributed by atoms with E-state index in [0.717, 1.165) is 24.4 Å². The molecular formula is C19H29N3O4.